The highest BCUT2D eigenvalue weighted by Gasteiger charge is 2.13. The van der Waals surface area contributed by atoms with Crippen molar-refractivity contribution in [2.45, 2.75) is 119 Å². The van der Waals surface area contributed by atoms with E-state index in [2.05, 4.69) is 43.0 Å². The number of carbonyl (C=O) groups excluding carboxylic acids is 2. The second-order valence-corrected chi connectivity index (χ2v) is 11.0. The van der Waals surface area contributed by atoms with E-state index in [0.29, 0.717) is 18.1 Å². The molecular weight excluding hydrogens is 536 g/mol. The van der Waals surface area contributed by atoms with Gasteiger partial charge in [0, 0.05) is 37.4 Å². The summed E-state index contributed by atoms with van der Waals surface area (Å²) in [6.07, 6.45) is 14.8. The van der Waals surface area contributed by atoms with Crippen LogP contribution in [0.15, 0.2) is 36.4 Å². The van der Waals surface area contributed by atoms with E-state index in [-0.39, 0.29) is 5.91 Å². The largest absolute Gasteiger partial charge is 0.385 e. The zero-order valence-corrected chi connectivity index (χ0v) is 28.7. The number of benzene rings is 1. The van der Waals surface area contributed by atoms with Crippen LogP contribution in [-0.2, 0) is 23.1 Å². The molecule has 3 aromatic rings. The monoisotopic (exact) mass is 596 g/mol. The van der Waals surface area contributed by atoms with Gasteiger partial charge in [0.2, 0.25) is 0 Å². The van der Waals surface area contributed by atoms with E-state index < -0.39 is 0 Å². The van der Waals surface area contributed by atoms with E-state index in [4.69, 9.17) is 9.53 Å². The maximum Gasteiger partial charge on any atom is 0.268 e. The molecule has 242 valence electrons. The van der Waals surface area contributed by atoms with Crippen molar-refractivity contribution in [3.63, 3.8) is 0 Å². The van der Waals surface area contributed by atoms with Gasteiger partial charge in [0.1, 0.15) is 17.8 Å². The number of nitrogens with zero attached hydrogens (tertiary/aromatic N) is 3. The minimum absolute atomic E-state index is 0.104. The minimum atomic E-state index is -0.104. The number of aromatic nitrogens is 3. The van der Waals surface area contributed by atoms with Crippen LogP contribution in [0.2, 0.25) is 0 Å². The third kappa shape index (κ3) is 18.3. The number of para-hydroxylation sites is 1. The summed E-state index contributed by atoms with van der Waals surface area (Å²) in [5.41, 5.74) is 3.41. The van der Waals surface area contributed by atoms with E-state index in [0.717, 1.165) is 41.1 Å². The molecular formula is C36H60N4O3. The van der Waals surface area contributed by atoms with Crippen LogP contribution < -0.4 is 5.32 Å². The van der Waals surface area contributed by atoms with Gasteiger partial charge in [-0.1, -0.05) is 104 Å². The molecule has 0 saturated heterocycles. The zero-order valence-electron chi connectivity index (χ0n) is 28.7. The molecule has 2 aromatic heterocycles. The van der Waals surface area contributed by atoms with Crippen molar-refractivity contribution < 1.29 is 14.3 Å². The van der Waals surface area contributed by atoms with Gasteiger partial charge in [-0.3, -0.25) is 4.79 Å². The smallest absolute Gasteiger partial charge is 0.268 e. The van der Waals surface area contributed by atoms with Crippen molar-refractivity contribution in [3.05, 3.63) is 59.3 Å². The number of rotatable bonds is 8. The summed E-state index contributed by atoms with van der Waals surface area (Å²) in [7, 11) is 3.63. The van der Waals surface area contributed by atoms with Gasteiger partial charge in [0.25, 0.3) is 5.91 Å². The van der Waals surface area contributed by atoms with Crippen molar-refractivity contribution in [2.75, 3.05) is 13.7 Å². The lowest BCUT2D eigenvalue weighted by Gasteiger charge is -2.07. The van der Waals surface area contributed by atoms with Crippen molar-refractivity contribution in [3.8, 4) is 0 Å². The van der Waals surface area contributed by atoms with E-state index >= 15 is 0 Å². The highest BCUT2D eigenvalue weighted by molar-refractivity contribution is 5.98. The summed E-state index contributed by atoms with van der Waals surface area (Å²) < 4.78 is 6.69. The first-order chi connectivity index (χ1) is 20.7. The lowest BCUT2D eigenvalue weighted by Crippen LogP contribution is -2.25. The Morgan fingerprint density at radius 3 is 1.98 bits per heavy atom. The van der Waals surface area contributed by atoms with Crippen molar-refractivity contribution in [1.29, 1.82) is 0 Å². The van der Waals surface area contributed by atoms with Gasteiger partial charge in [-0.25, -0.2) is 9.97 Å². The first-order valence-corrected chi connectivity index (χ1v) is 16.2. The molecule has 1 N–H and O–H groups in total. The van der Waals surface area contributed by atoms with Crippen molar-refractivity contribution in [1.82, 2.24) is 19.9 Å². The molecule has 1 amide bonds. The Hall–Kier alpha value is -3.06. The average Bonchev–Trinajstić information content (AvgIpc) is 3.36. The molecule has 0 atom stereocenters. The summed E-state index contributed by atoms with van der Waals surface area (Å²) in [5.74, 6) is 1.55. The normalized spacial score (nSPS) is 11.9. The predicted molar refractivity (Wildman–Crippen MR) is 182 cm³/mol. The molecule has 1 aliphatic carbocycles. The second-order valence-electron chi connectivity index (χ2n) is 11.0. The van der Waals surface area contributed by atoms with Crippen molar-refractivity contribution >= 4 is 23.1 Å². The number of ether oxygens (including phenoxy) is 1. The van der Waals surface area contributed by atoms with Gasteiger partial charge in [-0.2, -0.15) is 0 Å². The number of aryl methyl sites for hydroxylation is 3. The molecule has 1 saturated carbocycles. The Kier molecular flexibility index (Phi) is 23.6. The number of aldehydes is 1. The Balaban J connectivity index is 0.000000683. The van der Waals surface area contributed by atoms with Crippen LogP contribution in [-0.4, -0.2) is 40.4 Å². The maximum absolute atomic E-state index is 12.4. The number of methoxy groups -OCH3 is 1. The Bertz CT molecular complexity index is 1100. The molecule has 7 heteroatoms. The Labute approximate surface area is 262 Å². The molecule has 0 unspecified atom stereocenters. The van der Waals surface area contributed by atoms with Crippen LogP contribution in [0, 0.1) is 19.8 Å². The summed E-state index contributed by atoms with van der Waals surface area (Å²) in [6.45, 7) is 15.4. The molecule has 1 aromatic carbocycles. The fourth-order valence-electron chi connectivity index (χ4n) is 4.29. The van der Waals surface area contributed by atoms with Crippen LogP contribution in [0.25, 0.3) is 10.9 Å². The summed E-state index contributed by atoms with van der Waals surface area (Å²) in [4.78, 5) is 29.8. The van der Waals surface area contributed by atoms with Crippen LogP contribution in [0.4, 0.5) is 0 Å². The molecule has 1 fully saturated rings. The van der Waals surface area contributed by atoms with Crippen molar-refractivity contribution in [2.24, 2.45) is 13.0 Å². The first kappa shape index (κ1) is 39.9. The number of unbranched alkanes of at least 4 members (excludes halogenated alkanes) is 1. The van der Waals surface area contributed by atoms with Gasteiger partial charge >= 0.3 is 0 Å². The van der Waals surface area contributed by atoms with Crippen LogP contribution in [0.1, 0.15) is 127 Å². The number of carbonyl (C=O) groups is 2. The molecule has 4 rings (SSSR count). The lowest BCUT2D eigenvalue weighted by atomic mass is 10.0. The molecule has 43 heavy (non-hydrogen) atoms. The number of amides is 1. The SMILES string of the molecule is C1CCCCC1.CC=O.CCC(C)CC.CCCCOC.Cc1cc(CNC(=O)c2cc3ccccc3n2C)nc(C)n1. The van der Waals surface area contributed by atoms with E-state index in [1.54, 1.807) is 7.11 Å². The number of hydrogen-bond acceptors (Lipinski definition) is 5. The average molecular weight is 597 g/mol. The van der Waals surface area contributed by atoms with Crippen LogP contribution in [0.3, 0.4) is 0 Å². The number of nitrogens with one attached hydrogen (secondary N) is 1. The van der Waals surface area contributed by atoms with Gasteiger partial charge in [0.05, 0.1) is 12.2 Å². The molecule has 7 nitrogen and oxygen atoms in total. The van der Waals surface area contributed by atoms with E-state index in [1.165, 1.54) is 71.1 Å². The summed E-state index contributed by atoms with van der Waals surface area (Å²) in [6, 6.07) is 11.7. The quantitative estimate of drug-likeness (QED) is 0.207. The van der Waals surface area contributed by atoms with Gasteiger partial charge in [-0.05, 0) is 51.3 Å². The minimum Gasteiger partial charge on any atom is -0.385 e. The molecule has 0 aliphatic heterocycles. The fraction of sp³-hybridized carbons (Fsp3) is 0.611. The lowest BCUT2D eigenvalue weighted by molar-refractivity contribution is -0.106. The third-order valence-corrected chi connectivity index (χ3v) is 7.23. The van der Waals surface area contributed by atoms with E-state index in [9.17, 15) is 4.79 Å². The Morgan fingerprint density at radius 2 is 1.56 bits per heavy atom. The van der Waals surface area contributed by atoms with Gasteiger partial charge in [0.15, 0.2) is 0 Å². The Morgan fingerprint density at radius 1 is 1.00 bits per heavy atom. The maximum atomic E-state index is 12.4. The van der Waals surface area contributed by atoms with Crippen LogP contribution in [0.5, 0.6) is 0 Å². The predicted octanol–water partition coefficient (Wildman–Crippen LogP) is 8.94. The molecule has 2 heterocycles. The summed E-state index contributed by atoms with van der Waals surface area (Å²) in [5, 5.41) is 3.98. The number of fused-ring (bicyclic) bond motifs is 1. The fourth-order valence-corrected chi connectivity index (χ4v) is 4.29. The third-order valence-electron chi connectivity index (χ3n) is 7.23. The van der Waals surface area contributed by atoms with Gasteiger partial charge < -0.3 is 19.4 Å². The molecule has 1 aliphatic rings. The van der Waals surface area contributed by atoms with Crippen LogP contribution >= 0.6 is 0 Å². The standard InChI is InChI=1S/C17H18N4O.C6H12.C6H14.C5H12O.C2H4O/c1-11-8-14(20-12(2)19-11)10-18-17(22)16-9-13-6-4-5-7-15(13)21(16)3;1-2-4-6-5-3-1;1-4-6(3)5-2;1-3-4-5-6-2;1-2-3/h4-9H,10H2,1-3H3,(H,18,22);1-6H2;6H,4-5H2,1-3H3;3-5H2,1-2H3;2H,1H3. The molecule has 0 radical (unpaired) electrons. The molecule has 0 spiro atoms. The molecule has 0 bridgehead atoms. The number of hydrogen-bond donors (Lipinski definition) is 1. The van der Waals surface area contributed by atoms with E-state index in [1.807, 2.05) is 61.9 Å². The highest BCUT2D eigenvalue weighted by atomic mass is 16.5. The zero-order chi connectivity index (χ0) is 32.5. The summed E-state index contributed by atoms with van der Waals surface area (Å²) >= 11 is 0. The van der Waals surface area contributed by atoms with Gasteiger partial charge in [-0.15, -0.1) is 0 Å². The topological polar surface area (TPSA) is 86.1 Å². The second kappa shape index (κ2) is 25.4. The first-order valence-electron chi connectivity index (χ1n) is 16.2. The highest BCUT2D eigenvalue weighted by Crippen LogP contribution is 2.18.